The number of ether oxygens (including phenoxy) is 1. The largest absolute Gasteiger partial charge is 0.490 e. The zero-order valence-electron chi connectivity index (χ0n) is 20.5. The number of carboxylic acids is 1. The van der Waals surface area contributed by atoms with Crippen LogP contribution in [0.4, 0.5) is 0 Å². The molecule has 2 aromatic carbocycles. The van der Waals surface area contributed by atoms with Gasteiger partial charge in [0.2, 0.25) is 0 Å². The average Bonchev–Trinajstić information content (AvgIpc) is 3.80. The molecule has 7 nitrogen and oxygen atoms in total. The number of carbonyl (C=O) groups excluding carboxylic acids is 2. The molecule has 190 valence electrons. The van der Waals surface area contributed by atoms with Crippen LogP contribution in [-0.4, -0.2) is 42.1 Å². The van der Waals surface area contributed by atoms with Crippen molar-refractivity contribution in [1.29, 1.82) is 0 Å². The molecule has 7 heteroatoms. The van der Waals surface area contributed by atoms with Gasteiger partial charge in [-0.15, -0.1) is 0 Å². The highest BCUT2D eigenvalue weighted by atomic mass is 16.5. The lowest BCUT2D eigenvalue weighted by molar-refractivity contribution is -0.143. The highest BCUT2D eigenvalue weighted by molar-refractivity contribution is 5.95. The van der Waals surface area contributed by atoms with Crippen LogP contribution in [0.1, 0.15) is 95.0 Å². The summed E-state index contributed by atoms with van der Waals surface area (Å²) in [6.45, 7) is 0.694. The topological polar surface area (TPSA) is 105 Å². The summed E-state index contributed by atoms with van der Waals surface area (Å²) < 4.78 is 5.96. The molecule has 0 saturated heterocycles. The Hall–Kier alpha value is -3.35. The van der Waals surface area contributed by atoms with Gasteiger partial charge in [0, 0.05) is 24.2 Å². The second-order valence-electron chi connectivity index (χ2n) is 10.4. The number of amides is 2. The first-order valence-corrected chi connectivity index (χ1v) is 13.2. The summed E-state index contributed by atoms with van der Waals surface area (Å²) in [4.78, 5) is 36.2. The van der Waals surface area contributed by atoms with E-state index in [1.54, 1.807) is 24.3 Å². The lowest BCUT2D eigenvalue weighted by Crippen LogP contribution is -2.34. The third kappa shape index (κ3) is 6.07. The molecule has 3 N–H and O–H groups in total. The van der Waals surface area contributed by atoms with E-state index in [1.807, 2.05) is 6.07 Å². The van der Waals surface area contributed by atoms with E-state index < -0.39 is 5.97 Å². The maximum atomic E-state index is 12.6. The number of carboxylic acid groups (broad SMARTS) is 1. The predicted octanol–water partition coefficient (Wildman–Crippen LogP) is 4.62. The fourth-order valence-corrected chi connectivity index (χ4v) is 5.09. The molecule has 5 rings (SSSR count). The molecular formula is C29H34N2O5. The zero-order valence-corrected chi connectivity index (χ0v) is 20.5. The van der Waals surface area contributed by atoms with E-state index in [4.69, 9.17) is 9.84 Å². The summed E-state index contributed by atoms with van der Waals surface area (Å²) in [6, 6.07) is 13.1. The van der Waals surface area contributed by atoms with Crippen LogP contribution in [0.5, 0.6) is 5.75 Å². The van der Waals surface area contributed by atoms with Crippen LogP contribution < -0.4 is 15.4 Å². The lowest BCUT2D eigenvalue weighted by Gasteiger charge is -2.26. The van der Waals surface area contributed by atoms with Crippen molar-refractivity contribution in [1.82, 2.24) is 10.6 Å². The normalized spacial score (nSPS) is 21.4. The summed E-state index contributed by atoms with van der Waals surface area (Å²) in [5.41, 5.74) is 4.01. The van der Waals surface area contributed by atoms with E-state index in [0.717, 1.165) is 12.8 Å². The zero-order chi connectivity index (χ0) is 25.1. The average molecular weight is 491 g/mol. The molecule has 2 aromatic rings. The highest BCUT2D eigenvalue weighted by Gasteiger charge is 2.33. The van der Waals surface area contributed by atoms with E-state index >= 15 is 0 Å². The second-order valence-corrected chi connectivity index (χ2v) is 10.4. The molecule has 0 unspecified atom stereocenters. The van der Waals surface area contributed by atoms with Gasteiger partial charge in [-0.1, -0.05) is 6.07 Å². The Morgan fingerprint density at radius 1 is 0.722 bits per heavy atom. The SMILES string of the molecule is O=C(NCCNC(=O)c1ccc(C2CC2)c(C2CC2)c1)c1ccc(O[C@H]2CC[C@@H](C(=O)O)CC2)cc1. The van der Waals surface area contributed by atoms with Crippen molar-refractivity contribution < 1.29 is 24.2 Å². The van der Waals surface area contributed by atoms with Crippen molar-refractivity contribution in [2.24, 2.45) is 5.92 Å². The molecule has 3 aliphatic rings. The van der Waals surface area contributed by atoms with E-state index in [9.17, 15) is 14.4 Å². The van der Waals surface area contributed by atoms with Crippen molar-refractivity contribution in [2.45, 2.75) is 69.3 Å². The maximum absolute atomic E-state index is 12.6. The van der Waals surface area contributed by atoms with Crippen LogP contribution in [-0.2, 0) is 4.79 Å². The standard InChI is InChI=1S/C29H34N2O5/c32-27(20-5-10-23(11-6-20)36-24-12-7-21(8-13-24)29(34)35)30-15-16-31-28(33)22-9-14-25(18-1-2-18)26(17-22)19-3-4-19/h5-6,9-11,14,17-19,21,24H,1-4,7-8,12-13,15-16H2,(H,30,32)(H,31,33)(H,34,35)/t21-,24+. The Labute approximate surface area is 211 Å². The summed E-state index contributed by atoms with van der Waals surface area (Å²) in [7, 11) is 0. The van der Waals surface area contributed by atoms with Crippen LogP contribution in [0.3, 0.4) is 0 Å². The molecule has 0 spiro atoms. The van der Waals surface area contributed by atoms with Gasteiger partial charge in [0.25, 0.3) is 11.8 Å². The van der Waals surface area contributed by atoms with Crippen molar-refractivity contribution in [3.8, 4) is 5.75 Å². The molecule has 3 fully saturated rings. The van der Waals surface area contributed by atoms with E-state index in [0.29, 0.717) is 54.6 Å². The summed E-state index contributed by atoms with van der Waals surface area (Å²) >= 11 is 0. The van der Waals surface area contributed by atoms with Gasteiger partial charge in [0.1, 0.15) is 5.75 Å². The van der Waals surface area contributed by atoms with Gasteiger partial charge >= 0.3 is 5.97 Å². The van der Waals surface area contributed by atoms with Gasteiger partial charge in [-0.05, 0) is 111 Å². The fraction of sp³-hybridized carbons (Fsp3) is 0.483. The smallest absolute Gasteiger partial charge is 0.306 e. The van der Waals surface area contributed by atoms with E-state index in [2.05, 4.69) is 22.8 Å². The first-order chi connectivity index (χ1) is 17.5. The monoisotopic (exact) mass is 490 g/mol. The Kier molecular flexibility index (Phi) is 7.25. The number of benzene rings is 2. The molecule has 3 aliphatic carbocycles. The lowest BCUT2D eigenvalue weighted by atomic mass is 9.87. The molecule has 0 aromatic heterocycles. The quantitative estimate of drug-likeness (QED) is 0.422. The van der Waals surface area contributed by atoms with Crippen molar-refractivity contribution >= 4 is 17.8 Å². The number of carbonyl (C=O) groups is 3. The number of aliphatic carboxylic acids is 1. The molecule has 36 heavy (non-hydrogen) atoms. The van der Waals surface area contributed by atoms with Gasteiger partial charge in [-0.2, -0.15) is 0 Å². The second kappa shape index (κ2) is 10.7. The van der Waals surface area contributed by atoms with Crippen LogP contribution in [0, 0.1) is 5.92 Å². The van der Waals surface area contributed by atoms with Gasteiger partial charge in [-0.3, -0.25) is 14.4 Å². The fourth-order valence-electron chi connectivity index (χ4n) is 5.09. The molecule has 0 bridgehead atoms. The minimum atomic E-state index is -0.728. The van der Waals surface area contributed by atoms with E-state index in [1.165, 1.54) is 36.8 Å². The number of hydrogen-bond acceptors (Lipinski definition) is 4. The summed E-state index contributed by atoms with van der Waals surface area (Å²) in [5.74, 6) is 0.678. The van der Waals surface area contributed by atoms with Gasteiger partial charge in [-0.25, -0.2) is 0 Å². The maximum Gasteiger partial charge on any atom is 0.306 e. The molecule has 0 aliphatic heterocycles. The summed E-state index contributed by atoms with van der Waals surface area (Å²) in [5, 5.41) is 14.9. The summed E-state index contributed by atoms with van der Waals surface area (Å²) in [6.07, 6.45) is 7.67. The highest BCUT2D eigenvalue weighted by Crippen LogP contribution is 2.49. The third-order valence-corrected chi connectivity index (χ3v) is 7.52. The number of rotatable bonds is 10. The Morgan fingerprint density at radius 3 is 1.86 bits per heavy atom. The van der Waals surface area contributed by atoms with Gasteiger partial charge in [0.15, 0.2) is 0 Å². The van der Waals surface area contributed by atoms with Crippen LogP contribution in [0.2, 0.25) is 0 Å². The van der Waals surface area contributed by atoms with Crippen LogP contribution >= 0.6 is 0 Å². The Balaban J connectivity index is 1.04. The van der Waals surface area contributed by atoms with Crippen molar-refractivity contribution in [3.05, 3.63) is 64.7 Å². The van der Waals surface area contributed by atoms with Crippen LogP contribution in [0.15, 0.2) is 42.5 Å². The molecule has 2 amide bonds. The first kappa shape index (κ1) is 24.3. The van der Waals surface area contributed by atoms with Crippen LogP contribution in [0.25, 0.3) is 0 Å². The first-order valence-electron chi connectivity index (χ1n) is 13.2. The molecule has 0 atom stereocenters. The van der Waals surface area contributed by atoms with Crippen molar-refractivity contribution in [3.63, 3.8) is 0 Å². The minimum Gasteiger partial charge on any atom is -0.490 e. The number of hydrogen-bond donors (Lipinski definition) is 3. The minimum absolute atomic E-state index is 0.00847. The molecular weight excluding hydrogens is 456 g/mol. The Bertz CT molecular complexity index is 1110. The van der Waals surface area contributed by atoms with Crippen molar-refractivity contribution in [2.75, 3.05) is 13.1 Å². The van der Waals surface area contributed by atoms with Gasteiger partial charge < -0.3 is 20.5 Å². The Morgan fingerprint density at radius 2 is 1.28 bits per heavy atom. The molecule has 0 radical (unpaired) electrons. The van der Waals surface area contributed by atoms with E-state index in [-0.39, 0.29) is 23.8 Å². The van der Waals surface area contributed by atoms with Gasteiger partial charge in [0.05, 0.1) is 12.0 Å². The predicted molar refractivity (Wildman–Crippen MR) is 136 cm³/mol. The molecule has 3 saturated carbocycles. The molecule has 0 heterocycles. The number of nitrogens with one attached hydrogen (secondary N) is 2. The third-order valence-electron chi connectivity index (χ3n) is 7.52.